The van der Waals surface area contributed by atoms with Gasteiger partial charge in [-0.2, -0.15) is 4.99 Å². The lowest BCUT2D eigenvalue weighted by Gasteiger charge is -1.84. The van der Waals surface area contributed by atoms with E-state index in [2.05, 4.69) is 4.99 Å². The van der Waals surface area contributed by atoms with E-state index in [1.54, 1.807) is 0 Å². The fourth-order valence-corrected chi connectivity index (χ4v) is 0.0917. The second-order valence-electron chi connectivity index (χ2n) is 0.809. The predicted molar refractivity (Wildman–Crippen MR) is 19.0 cm³/mol. The largest absolute Gasteiger partial charge is 0.246 e. The molecule has 0 aliphatic heterocycles. The average molecular weight is 107 g/mol. The SMILES string of the molecule is O=C=NC(F)CF. The average Bonchev–Trinajstić information content (AvgIpc) is 1.68. The molecule has 40 valence electrons. The van der Waals surface area contributed by atoms with Gasteiger partial charge in [0.25, 0.3) is 0 Å². The van der Waals surface area contributed by atoms with Crippen molar-refractivity contribution in [2.45, 2.75) is 6.30 Å². The van der Waals surface area contributed by atoms with Crippen LogP contribution in [0.3, 0.4) is 0 Å². The van der Waals surface area contributed by atoms with Gasteiger partial charge in [0.05, 0.1) is 0 Å². The number of hydrogen-bond acceptors (Lipinski definition) is 2. The molecule has 0 N–H and O–H groups in total. The fourth-order valence-electron chi connectivity index (χ4n) is 0.0917. The molecule has 4 heteroatoms. The molecule has 0 aromatic rings. The highest BCUT2D eigenvalue weighted by molar-refractivity contribution is 5.33. The van der Waals surface area contributed by atoms with E-state index in [9.17, 15) is 8.78 Å². The van der Waals surface area contributed by atoms with E-state index in [1.807, 2.05) is 0 Å². The smallest absolute Gasteiger partial charge is 0.238 e. The van der Waals surface area contributed by atoms with Gasteiger partial charge in [-0.3, -0.25) is 0 Å². The van der Waals surface area contributed by atoms with Gasteiger partial charge in [0.2, 0.25) is 12.4 Å². The third-order valence-corrected chi connectivity index (χ3v) is 0.320. The van der Waals surface area contributed by atoms with E-state index in [0.29, 0.717) is 0 Å². The van der Waals surface area contributed by atoms with Crippen LogP contribution < -0.4 is 0 Å². The number of aliphatic imine (C=N–C) groups is 1. The summed E-state index contributed by atoms with van der Waals surface area (Å²) in [6.45, 7) is -1.25. The van der Waals surface area contributed by atoms with Crippen LogP contribution in [-0.4, -0.2) is 19.1 Å². The summed E-state index contributed by atoms with van der Waals surface area (Å²) in [5.41, 5.74) is 0. The van der Waals surface area contributed by atoms with Crippen molar-refractivity contribution >= 4 is 6.08 Å². The van der Waals surface area contributed by atoms with Crippen LogP contribution in [0.4, 0.5) is 8.78 Å². The molecule has 0 amide bonds. The van der Waals surface area contributed by atoms with Crippen LogP contribution in [-0.2, 0) is 4.79 Å². The van der Waals surface area contributed by atoms with Gasteiger partial charge in [-0.25, -0.2) is 13.6 Å². The molecule has 1 unspecified atom stereocenters. The van der Waals surface area contributed by atoms with E-state index in [-0.39, 0.29) is 0 Å². The molecular weight excluding hydrogens is 104 g/mol. The van der Waals surface area contributed by atoms with E-state index in [0.717, 1.165) is 6.08 Å². The molecule has 0 radical (unpaired) electrons. The first-order valence-electron chi connectivity index (χ1n) is 1.58. The molecule has 0 saturated carbocycles. The number of carbonyl (C=O) groups excluding carboxylic acids is 1. The molecule has 0 fully saturated rings. The van der Waals surface area contributed by atoms with Crippen molar-refractivity contribution in [3.8, 4) is 0 Å². The Bertz CT molecular complexity index is 88.9. The molecule has 0 rings (SSSR count). The van der Waals surface area contributed by atoms with Crippen LogP contribution in [0.15, 0.2) is 4.99 Å². The summed E-state index contributed by atoms with van der Waals surface area (Å²) in [4.78, 5) is 11.5. The summed E-state index contributed by atoms with van der Waals surface area (Å²) in [5, 5.41) is 0. The summed E-state index contributed by atoms with van der Waals surface area (Å²) < 4.78 is 22.3. The van der Waals surface area contributed by atoms with E-state index in [1.165, 1.54) is 0 Å². The Morgan fingerprint density at radius 3 is 2.57 bits per heavy atom. The minimum Gasteiger partial charge on any atom is -0.246 e. The first kappa shape index (κ1) is 6.24. The van der Waals surface area contributed by atoms with Crippen molar-refractivity contribution < 1.29 is 13.6 Å². The van der Waals surface area contributed by atoms with E-state index >= 15 is 0 Å². The van der Waals surface area contributed by atoms with Gasteiger partial charge in [-0.1, -0.05) is 0 Å². The van der Waals surface area contributed by atoms with Gasteiger partial charge in [0, 0.05) is 0 Å². The van der Waals surface area contributed by atoms with Gasteiger partial charge in [0.1, 0.15) is 6.67 Å². The first-order chi connectivity index (χ1) is 3.31. The fraction of sp³-hybridized carbons (Fsp3) is 0.667. The number of alkyl halides is 2. The summed E-state index contributed by atoms with van der Waals surface area (Å²) in [6.07, 6.45) is -1.14. The lowest BCUT2D eigenvalue weighted by molar-refractivity contribution is 0.270. The van der Waals surface area contributed by atoms with Crippen molar-refractivity contribution in [3.63, 3.8) is 0 Å². The van der Waals surface area contributed by atoms with Gasteiger partial charge in [-0.15, -0.1) is 0 Å². The van der Waals surface area contributed by atoms with Crippen LogP contribution in [0.1, 0.15) is 0 Å². The van der Waals surface area contributed by atoms with Crippen molar-refractivity contribution in [1.29, 1.82) is 0 Å². The second kappa shape index (κ2) is 3.43. The topological polar surface area (TPSA) is 29.4 Å². The van der Waals surface area contributed by atoms with E-state index in [4.69, 9.17) is 4.79 Å². The van der Waals surface area contributed by atoms with Gasteiger partial charge in [0.15, 0.2) is 0 Å². The maximum Gasteiger partial charge on any atom is 0.238 e. The Morgan fingerprint density at radius 2 is 2.43 bits per heavy atom. The first-order valence-corrected chi connectivity index (χ1v) is 1.58. The Morgan fingerprint density at radius 1 is 1.86 bits per heavy atom. The molecule has 0 saturated heterocycles. The van der Waals surface area contributed by atoms with Crippen molar-refractivity contribution in [2.24, 2.45) is 4.99 Å². The highest BCUT2D eigenvalue weighted by atomic mass is 19.2. The summed E-state index contributed by atoms with van der Waals surface area (Å²) in [7, 11) is 0. The molecule has 0 aromatic heterocycles. The van der Waals surface area contributed by atoms with Gasteiger partial charge >= 0.3 is 0 Å². The molecule has 2 nitrogen and oxygen atoms in total. The zero-order valence-electron chi connectivity index (χ0n) is 3.40. The second-order valence-corrected chi connectivity index (χ2v) is 0.809. The number of hydrogen-bond donors (Lipinski definition) is 0. The summed E-state index contributed by atoms with van der Waals surface area (Å²) >= 11 is 0. The lowest BCUT2D eigenvalue weighted by Crippen LogP contribution is -1.95. The minimum absolute atomic E-state index is 0.878. The Hall–Kier alpha value is -0.760. The Labute approximate surface area is 38.9 Å². The quantitative estimate of drug-likeness (QED) is 0.288. The molecule has 0 aliphatic rings. The Kier molecular flexibility index (Phi) is 3.06. The Balaban J connectivity index is 3.35. The molecule has 0 aliphatic carbocycles. The molecule has 0 spiro atoms. The predicted octanol–water partition coefficient (Wildman–Crippen LogP) is 0.587. The maximum absolute atomic E-state index is 11.3. The third kappa shape index (κ3) is 3.06. The highest BCUT2D eigenvalue weighted by Gasteiger charge is 1.97. The standard InChI is InChI=1S/C3H3F2NO/c4-1-3(5)6-2-7/h3H,1H2. The molecule has 7 heavy (non-hydrogen) atoms. The van der Waals surface area contributed by atoms with Crippen LogP contribution in [0.2, 0.25) is 0 Å². The lowest BCUT2D eigenvalue weighted by atomic mass is 10.7. The van der Waals surface area contributed by atoms with Crippen LogP contribution >= 0.6 is 0 Å². The molecule has 1 atom stereocenters. The molecule has 0 bridgehead atoms. The number of isocyanates is 1. The molecule has 0 heterocycles. The third-order valence-electron chi connectivity index (χ3n) is 0.320. The van der Waals surface area contributed by atoms with Crippen molar-refractivity contribution in [1.82, 2.24) is 0 Å². The monoisotopic (exact) mass is 107 g/mol. The molecule has 0 aromatic carbocycles. The van der Waals surface area contributed by atoms with E-state index < -0.39 is 13.0 Å². The number of halogens is 2. The van der Waals surface area contributed by atoms with Crippen LogP contribution in [0.5, 0.6) is 0 Å². The highest BCUT2D eigenvalue weighted by Crippen LogP contribution is 1.89. The summed E-state index contributed by atoms with van der Waals surface area (Å²) in [6, 6.07) is 0. The zero-order chi connectivity index (χ0) is 5.70. The van der Waals surface area contributed by atoms with Gasteiger partial charge < -0.3 is 0 Å². The van der Waals surface area contributed by atoms with Crippen molar-refractivity contribution in [3.05, 3.63) is 0 Å². The zero-order valence-corrected chi connectivity index (χ0v) is 3.40. The normalized spacial score (nSPS) is 12.3. The number of nitrogens with zero attached hydrogens (tertiary/aromatic N) is 1. The number of rotatable bonds is 2. The van der Waals surface area contributed by atoms with Crippen LogP contribution in [0, 0.1) is 0 Å². The summed E-state index contributed by atoms with van der Waals surface area (Å²) in [5.74, 6) is 0. The maximum atomic E-state index is 11.3. The minimum atomic E-state index is -2.02. The van der Waals surface area contributed by atoms with Crippen molar-refractivity contribution in [2.75, 3.05) is 6.67 Å². The van der Waals surface area contributed by atoms with Gasteiger partial charge in [-0.05, 0) is 0 Å². The van der Waals surface area contributed by atoms with Crippen LogP contribution in [0.25, 0.3) is 0 Å². The molecular formula is C3H3F2NO.